The largest absolute Gasteiger partial charge is 0.497 e. The van der Waals surface area contributed by atoms with Crippen LogP contribution in [0.15, 0.2) is 53.4 Å². The Morgan fingerprint density at radius 3 is 2.33 bits per heavy atom. The third kappa shape index (κ3) is 5.80. The van der Waals surface area contributed by atoms with Crippen molar-refractivity contribution in [1.82, 2.24) is 14.9 Å². The lowest BCUT2D eigenvalue weighted by Gasteiger charge is -2.18. The second kappa shape index (κ2) is 10.2. The maximum absolute atomic E-state index is 12.4. The van der Waals surface area contributed by atoms with E-state index in [1.165, 1.54) is 38.4 Å². The number of nitrogens with one attached hydrogen (secondary N) is 2. The molecule has 0 aliphatic heterocycles. The topological polar surface area (TPSA) is 105 Å². The van der Waals surface area contributed by atoms with Gasteiger partial charge in [-0.05, 0) is 42.3 Å². The van der Waals surface area contributed by atoms with Gasteiger partial charge >= 0.3 is 0 Å². The number of benzene rings is 2. The molecule has 0 aliphatic rings. The molecule has 0 aliphatic carbocycles. The van der Waals surface area contributed by atoms with Crippen molar-refractivity contribution in [1.29, 1.82) is 0 Å². The number of sulfonamides is 1. The number of hydrogen-bond acceptors (Lipinski definition) is 5. The molecule has 0 aromatic heterocycles. The first kappa shape index (κ1) is 23.4. The van der Waals surface area contributed by atoms with Gasteiger partial charge in [-0.1, -0.05) is 25.1 Å². The quantitative estimate of drug-likeness (QED) is 0.629. The molecule has 0 fully saturated rings. The number of hydrogen-bond donors (Lipinski definition) is 2. The van der Waals surface area contributed by atoms with E-state index < -0.39 is 15.9 Å². The monoisotopic (exact) mass is 433 g/mol. The molecule has 2 N–H and O–H groups in total. The van der Waals surface area contributed by atoms with Crippen molar-refractivity contribution in [3.63, 3.8) is 0 Å². The molecule has 8 nitrogen and oxygen atoms in total. The molecule has 0 saturated heterocycles. The highest BCUT2D eigenvalue weighted by Gasteiger charge is 2.19. The summed E-state index contributed by atoms with van der Waals surface area (Å²) in [6.45, 7) is 1.72. The first-order valence-electron chi connectivity index (χ1n) is 9.43. The molecule has 1 unspecified atom stereocenters. The Labute approximate surface area is 177 Å². The van der Waals surface area contributed by atoms with Crippen molar-refractivity contribution in [2.45, 2.75) is 24.3 Å². The van der Waals surface area contributed by atoms with Crippen LogP contribution in [-0.2, 0) is 14.8 Å². The summed E-state index contributed by atoms with van der Waals surface area (Å²) in [6.07, 6.45) is 0.677. The average molecular weight is 434 g/mol. The Morgan fingerprint density at radius 2 is 1.77 bits per heavy atom. The summed E-state index contributed by atoms with van der Waals surface area (Å²) < 4.78 is 30.7. The van der Waals surface area contributed by atoms with Crippen molar-refractivity contribution in [2.75, 3.05) is 27.7 Å². The van der Waals surface area contributed by atoms with Crippen LogP contribution in [0.2, 0.25) is 0 Å². The highest BCUT2D eigenvalue weighted by atomic mass is 32.2. The smallest absolute Gasteiger partial charge is 0.251 e. The van der Waals surface area contributed by atoms with Crippen molar-refractivity contribution >= 4 is 21.8 Å². The number of carbonyl (C=O) groups excluding carboxylic acids is 2. The normalized spacial score (nSPS) is 12.3. The first-order valence-corrected chi connectivity index (χ1v) is 10.9. The zero-order valence-electron chi connectivity index (χ0n) is 17.5. The highest BCUT2D eigenvalue weighted by Crippen LogP contribution is 2.20. The van der Waals surface area contributed by atoms with Crippen LogP contribution in [0.5, 0.6) is 5.75 Å². The summed E-state index contributed by atoms with van der Waals surface area (Å²) >= 11 is 0. The minimum absolute atomic E-state index is 0.00940. The summed E-state index contributed by atoms with van der Waals surface area (Å²) in [5.74, 6) is -0.146. The van der Waals surface area contributed by atoms with Gasteiger partial charge in [0.2, 0.25) is 15.9 Å². The van der Waals surface area contributed by atoms with Crippen LogP contribution in [0.4, 0.5) is 0 Å². The number of ether oxygens (including phenoxy) is 1. The summed E-state index contributed by atoms with van der Waals surface area (Å²) in [5.41, 5.74) is 1.09. The van der Waals surface area contributed by atoms with E-state index in [1.807, 2.05) is 31.2 Å². The van der Waals surface area contributed by atoms with Crippen molar-refractivity contribution in [2.24, 2.45) is 0 Å². The van der Waals surface area contributed by atoms with Crippen LogP contribution >= 0.6 is 0 Å². The zero-order valence-corrected chi connectivity index (χ0v) is 18.3. The maximum atomic E-state index is 12.4. The summed E-state index contributed by atoms with van der Waals surface area (Å²) in [4.78, 5) is 24.7. The molecule has 0 bridgehead atoms. The van der Waals surface area contributed by atoms with Crippen LogP contribution in [0, 0.1) is 0 Å². The van der Waals surface area contributed by atoms with Crippen LogP contribution in [0.3, 0.4) is 0 Å². The Morgan fingerprint density at radius 1 is 1.10 bits per heavy atom. The third-order valence-electron chi connectivity index (χ3n) is 4.55. The lowest BCUT2D eigenvalue weighted by molar-refractivity contribution is -0.120. The van der Waals surface area contributed by atoms with Gasteiger partial charge < -0.3 is 15.4 Å². The molecule has 2 rings (SSSR count). The molecular formula is C21H27N3O5S. The minimum Gasteiger partial charge on any atom is -0.497 e. The number of rotatable bonds is 9. The second-order valence-corrected chi connectivity index (χ2v) is 8.95. The van der Waals surface area contributed by atoms with Gasteiger partial charge in [0.05, 0.1) is 24.6 Å². The summed E-state index contributed by atoms with van der Waals surface area (Å²) in [7, 11) is 0.764. The second-order valence-electron chi connectivity index (χ2n) is 6.80. The molecule has 162 valence electrons. The average Bonchev–Trinajstić information content (AvgIpc) is 2.75. The van der Waals surface area contributed by atoms with Gasteiger partial charge in [-0.15, -0.1) is 0 Å². The van der Waals surface area contributed by atoms with Crippen LogP contribution in [0.25, 0.3) is 0 Å². The van der Waals surface area contributed by atoms with Crippen LogP contribution < -0.4 is 15.4 Å². The molecule has 30 heavy (non-hydrogen) atoms. The summed E-state index contributed by atoms with van der Waals surface area (Å²) in [5, 5.41) is 5.41. The Hall–Kier alpha value is -2.91. The molecule has 9 heteroatoms. The van der Waals surface area contributed by atoms with Gasteiger partial charge in [0, 0.05) is 19.7 Å². The van der Waals surface area contributed by atoms with Crippen LogP contribution in [-0.4, -0.2) is 52.3 Å². The Bertz CT molecular complexity index is 988. The SMILES string of the molecule is CCC(NC(=O)CNC(=O)c1cccc(S(=O)(=O)N(C)C)c1)c1ccc(OC)cc1. The fraction of sp³-hybridized carbons (Fsp3) is 0.333. The first-order chi connectivity index (χ1) is 14.2. The minimum atomic E-state index is -3.65. The van der Waals surface area contributed by atoms with Gasteiger partial charge in [0.15, 0.2) is 0 Å². The predicted molar refractivity (Wildman–Crippen MR) is 114 cm³/mol. The van der Waals surface area contributed by atoms with Crippen LogP contribution in [0.1, 0.15) is 35.3 Å². The van der Waals surface area contributed by atoms with E-state index in [1.54, 1.807) is 7.11 Å². The van der Waals surface area contributed by atoms with E-state index in [2.05, 4.69) is 10.6 Å². The van der Waals surface area contributed by atoms with E-state index in [9.17, 15) is 18.0 Å². The van der Waals surface area contributed by atoms with Crippen molar-refractivity contribution in [3.8, 4) is 5.75 Å². The van der Waals surface area contributed by atoms with Gasteiger partial charge in [0.25, 0.3) is 5.91 Å². The summed E-state index contributed by atoms with van der Waals surface area (Å²) in [6, 6.07) is 12.9. The van der Waals surface area contributed by atoms with Gasteiger partial charge in [0.1, 0.15) is 5.75 Å². The third-order valence-corrected chi connectivity index (χ3v) is 6.36. The maximum Gasteiger partial charge on any atom is 0.251 e. The van der Waals surface area contributed by atoms with E-state index in [0.29, 0.717) is 6.42 Å². The van der Waals surface area contributed by atoms with E-state index in [4.69, 9.17) is 4.74 Å². The molecule has 2 aromatic rings. The molecule has 0 spiro atoms. The van der Waals surface area contributed by atoms with E-state index in [-0.39, 0.29) is 29.0 Å². The lowest BCUT2D eigenvalue weighted by Crippen LogP contribution is -2.38. The molecule has 1 atom stereocenters. The van der Waals surface area contributed by atoms with E-state index >= 15 is 0 Å². The zero-order chi connectivity index (χ0) is 22.3. The van der Waals surface area contributed by atoms with Gasteiger partial charge in [-0.25, -0.2) is 12.7 Å². The molecular weight excluding hydrogens is 406 g/mol. The van der Waals surface area contributed by atoms with E-state index in [0.717, 1.165) is 15.6 Å². The van der Waals surface area contributed by atoms with Crippen molar-refractivity contribution in [3.05, 3.63) is 59.7 Å². The molecule has 2 amide bonds. The molecule has 0 heterocycles. The number of carbonyl (C=O) groups is 2. The number of nitrogens with zero attached hydrogens (tertiary/aromatic N) is 1. The highest BCUT2D eigenvalue weighted by molar-refractivity contribution is 7.89. The van der Waals surface area contributed by atoms with Gasteiger partial charge in [-0.2, -0.15) is 0 Å². The van der Waals surface area contributed by atoms with Gasteiger partial charge in [-0.3, -0.25) is 9.59 Å². The molecule has 0 saturated carbocycles. The lowest BCUT2D eigenvalue weighted by atomic mass is 10.0. The molecule has 2 aromatic carbocycles. The number of amides is 2. The number of methoxy groups -OCH3 is 1. The predicted octanol–water partition coefficient (Wildman–Crippen LogP) is 1.94. The molecule has 0 radical (unpaired) electrons. The Balaban J connectivity index is 1.99. The van der Waals surface area contributed by atoms with Crippen molar-refractivity contribution < 1.29 is 22.7 Å². The fourth-order valence-corrected chi connectivity index (χ4v) is 3.72. The fourth-order valence-electron chi connectivity index (χ4n) is 2.77. The standard InChI is InChI=1S/C21H27N3O5S/c1-5-19(15-9-11-17(29-4)12-10-15)23-20(25)14-22-21(26)16-7-6-8-18(13-16)30(27,28)24(2)3/h6-13,19H,5,14H2,1-4H3,(H,22,26)(H,23,25). The Kier molecular flexibility index (Phi) is 7.96.